The molecule has 0 saturated heterocycles. The molecule has 0 aromatic heterocycles. The summed E-state index contributed by atoms with van der Waals surface area (Å²) in [6, 6.07) is 13.5. The Balaban J connectivity index is 1.75. The van der Waals surface area contributed by atoms with E-state index in [0.29, 0.717) is 45.0 Å². The zero-order chi connectivity index (χ0) is 35.6. The zero-order valence-corrected chi connectivity index (χ0v) is 30.4. The van der Waals surface area contributed by atoms with Crippen molar-refractivity contribution in [2.75, 3.05) is 38.8 Å². The molecule has 252 valence electrons. The molecule has 0 heterocycles. The topological polar surface area (TPSA) is 133 Å². The van der Waals surface area contributed by atoms with Crippen molar-refractivity contribution in [1.82, 2.24) is 8.61 Å². The molecule has 4 aromatic carbocycles. The predicted molar refractivity (Wildman–Crippen MR) is 189 cm³/mol. The number of fused-ring (bicyclic) bond motifs is 2. The van der Waals surface area contributed by atoms with Crippen LogP contribution < -0.4 is 10.6 Å². The van der Waals surface area contributed by atoms with Crippen LogP contribution in [0.2, 0.25) is 0 Å². The van der Waals surface area contributed by atoms with Crippen LogP contribution in [0.15, 0.2) is 58.3 Å². The summed E-state index contributed by atoms with van der Waals surface area (Å²) in [7, 11) is -1.71. The molecule has 10 nitrogen and oxygen atoms in total. The predicted octanol–water partition coefficient (Wildman–Crippen LogP) is 6.30. The summed E-state index contributed by atoms with van der Waals surface area (Å²) in [5.41, 5.74) is 6.10. The first-order valence-electron chi connectivity index (χ1n) is 15.3. The van der Waals surface area contributed by atoms with Crippen molar-refractivity contribution in [1.29, 1.82) is 0 Å². The van der Waals surface area contributed by atoms with Gasteiger partial charge in [0.15, 0.2) is 11.6 Å². The van der Waals surface area contributed by atoms with Crippen LogP contribution in [0.1, 0.15) is 65.2 Å². The Kier molecular flexibility index (Phi) is 8.93. The molecule has 0 aliphatic heterocycles. The van der Waals surface area contributed by atoms with Crippen LogP contribution in [0.4, 0.5) is 22.7 Å². The Morgan fingerprint density at radius 2 is 0.854 bits per heavy atom. The van der Waals surface area contributed by atoms with Gasteiger partial charge in [-0.25, -0.2) is 25.4 Å². The monoisotopic (exact) mass is 688 g/mol. The SMILES string of the molecule is Cc1cc(C)c(S(=O)(=O)N(C)C)c(C)c1Nc1ccc(Nc2c(C)cc(C)c(S(=O)(=O)N(C)C)c2C)c2c1C(=O)c1ccccc1C2=O. The highest BCUT2D eigenvalue weighted by atomic mass is 32.2. The minimum atomic E-state index is -3.80. The third-order valence-electron chi connectivity index (χ3n) is 8.87. The minimum absolute atomic E-state index is 0.128. The number of hydrogen-bond acceptors (Lipinski definition) is 8. The van der Waals surface area contributed by atoms with Crippen molar-refractivity contribution < 1.29 is 26.4 Å². The lowest BCUT2D eigenvalue weighted by Crippen LogP contribution is -2.25. The number of carbonyl (C=O) groups is 2. The third-order valence-corrected chi connectivity index (χ3v) is 13.1. The number of nitrogens with zero attached hydrogens (tertiary/aromatic N) is 2. The number of benzene rings is 4. The second-order valence-electron chi connectivity index (χ2n) is 12.6. The standard InChI is InChI=1S/C36H40N4O6S2/c1-19-17-21(3)35(47(43,44)39(7)8)23(5)31(19)37-27-15-16-28(30-29(27)33(41)25-13-11-12-14-26(25)34(30)42)38-32-20(2)18-22(4)36(24(32)6)48(45,46)40(9)10/h11-18,37-38H,1-10H3. The fourth-order valence-electron chi connectivity index (χ4n) is 6.58. The number of carbonyl (C=O) groups excluding carboxylic acids is 2. The highest BCUT2D eigenvalue weighted by Crippen LogP contribution is 2.42. The van der Waals surface area contributed by atoms with Gasteiger partial charge in [0, 0.05) is 50.7 Å². The molecule has 0 radical (unpaired) electrons. The van der Waals surface area contributed by atoms with E-state index in [1.54, 1.807) is 76.2 Å². The number of hydrogen-bond donors (Lipinski definition) is 2. The quantitative estimate of drug-likeness (QED) is 0.194. The lowest BCUT2D eigenvalue weighted by atomic mass is 9.82. The lowest BCUT2D eigenvalue weighted by Gasteiger charge is -2.27. The Labute approximate surface area is 282 Å². The molecule has 2 N–H and O–H groups in total. The van der Waals surface area contributed by atoms with Gasteiger partial charge >= 0.3 is 0 Å². The summed E-state index contributed by atoms with van der Waals surface area (Å²) in [6.07, 6.45) is 0. The average Bonchev–Trinajstić information content (AvgIpc) is 2.99. The smallest absolute Gasteiger partial charge is 0.243 e. The van der Waals surface area contributed by atoms with E-state index in [9.17, 15) is 26.4 Å². The molecule has 0 atom stereocenters. The maximum Gasteiger partial charge on any atom is 0.243 e. The molecule has 0 amide bonds. The van der Waals surface area contributed by atoms with Crippen LogP contribution in [0, 0.1) is 41.5 Å². The van der Waals surface area contributed by atoms with Crippen LogP contribution in [-0.4, -0.2) is 65.2 Å². The van der Waals surface area contributed by atoms with Crippen molar-refractivity contribution in [2.45, 2.75) is 51.3 Å². The summed E-state index contributed by atoms with van der Waals surface area (Å²) >= 11 is 0. The third kappa shape index (κ3) is 5.52. The zero-order valence-electron chi connectivity index (χ0n) is 28.8. The van der Waals surface area contributed by atoms with E-state index in [4.69, 9.17) is 0 Å². The number of sulfonamides is 2. The molecule has 5 rings (SSSR count). The maximum absolute atomic E-state index is 14.2. The van der Waals surface area contributed by atoms with E-state index in [1.165, 1.54) is 28.2 Å². The van der Waals surface area contributed by atoms with Crippen molar-refractivity contribution in [3.63, 3.8) is 0 Å². The van der Waals surface area contributed by atoms with Crippen LogP contribution in [-0.2, 0) is 20.0 Å². The molecule has 12 heteroatoms. The van der Waals surface area contributed by atoms with Gasteiger partial charge in [0.1, 0.15) is 0 Å². The summed E-state index contributed by atoms with van der Waals surface area (Å²) in [4.78, 5) is 28.8. The number of aryl methyl sites for hydroxylation is 4. The van der Waals surface area contributed by atoms with Crippen molar-refractivity contribution in [3.05, 3.63) is 104 Å². The van der Waals surface area contributed by atoms with E-state index in [0.717, 1.165) is 19.7 Å². The molecular weight excluding hydrogens is 649 g/mol. The van der Waals surface area contributed by atoms with E-state index in [-0.39, 0.29) is 43.6 Å². The van der Waals surface area contributed by atoms with Crippen LogP contribution in [0.3, 0.4) is 0 Å². The molecular formula is C36H40N4O6S2. The highest BCUT2D eigenvalue weighted by Gasteiger charge is 2.35. The molecule has 0 saturated carbocycles. The molecule has 1 aliphatic carbocycles. The van der Waals surface area contributed by atoms with E-state index in [2.05, 4.69) is 10.6 Å². The van der Waals surface area contributed by atoms with Gasteiger partial charge in [0.2, 0.25) is 20.0 Å². The summed E-state index contributed by atoms with van der Waals surface area (Å²) in [5.74, 6) is -0.744. The highest BCUT2D eigenvalue weighted by molar-refractivity contribution is 7.89. The first-order chi connectivity index (χ1) is 22.3. The van der Waals surface area contributed by atoms with Gasteiger partial charge in [0.25, 0.3) is 0 Å². The van der Waals surface area contributed by atoms with Gasteiger partial charge in [-0.2, -0.15) is 0 Å². The second-order valence-corrected chi connectivity index (χ2v) is 16.8. The lowest BCUT2D eigenvalue weighted by molar-refractivity contribution is 0.0980. The molecule has 0 unspecified atom stereocenters. The molecule has 0 spiro atoms. The summed E-state index contributed by atoms with van der Waals surface area (Å²) in [6.45, 7) is 10.6. The Morgan fingerprint density at radius 1 is 0.521 bits per heavy atom. The molecule has 0 bridgehead atoms. The largest absolute Gasteiger partial charge is 0.354 e. The van der Waals surface area contributed by atoms with Gasteiger partial charge in [-0.3, -0.25) is 9.59 Å². The van der Waals surface area contributed by atoms with Gasteiger partial charge < -0.3 is 10.6 Å². The fourth-order valence-corrected chi connectivity index (χ4v) is 9.22. The first-order valence-corrected chi connectivity index (χ1v) is 18.2. The maximum atomic E-state index is 14.2. The molecule has 1 aliphatic rings. The van der Waals surface area contributed by atoms with Gasteiger partial charge in [-0.1, -0.05) is 36.4 Å². The van der Waals surface area contributed by atoms with E-state index >= 15 is 0 Å². The van der Waals surface area contributed by atoms with Gasteiger partial charge in [0.05, 0.1) is 32.3 Å². The Hall–Kier alpha value is -4.36. The van der Waals surface area contributed by atoms with E-state index in [1.807, 2.05) is 13.8 Å². The van der Waals surface area contributed by atoms with Crippen molar-refractivity contribution in [3.8, 4) is 0 Å². The van der Waals surface area contributed by atoms with Gasteiger partial charge in [-0.15, -0.1) is 0 Å². The number of nitrogens with one attached hydrogen (secondary N) is 2. The summed E-state index contributed by atoms with van der Waals surface area (Å²) < 4.78 is 55.6. The summed E-state index contributed by atoms with van der Waals surface area (Å²) in [5, 5.41) is 6.65. The average molecular weight is 689 g/mol. The fraction of sp³-hybridized carbons (Fsp3) is 0.278. The van der Waals surface area contributed by atoms with Gasteiger partial charge in [-0.05, 0) is 87.1 Å². The number of anilines is 4. The van der Waals surface area contributed by atoms with Crippen LogP contribution in [0.25, 0.3) is 0 Å². The molecule has 4 aromatic rings. The van der Waals surface area contributed by atoms with E-state index < -0.39 is 20.0 Å². The molecule has 48 heavy (non-hydrogen) atoms. The van der Waals surface area contributed by atoms with Crippen LogP contribution in [0.5, 0.6) is 0 Å². The second kappa shape index (κ2) is 12.3. The first kappa shape index (κ1) is 35.0. The van der Waals surface area contributed by atoms with Crippen molar-refractivity contribution >= 4 is 54.4 Å². The minimum Gasteiger partial charge on any atom is -0.354 e. The Bertz CT molecular complexity index is 2110. The van der Waals surface area contributed by atoms with Crippen LogP contribution >= 0.6 is 0 Å². The number of ketones is 2. The normalized spacial score (nSPS) is 13.2. The number of rotatable bonds is 8. The van der Waals surface area contributed by atoms with Crippen molar-refractivity contribution in [2.24, 2.45) is 0 Å². The Morgan fingerprint density at radius 3 is 1.17 bits per heavy atom. The molecule has 0 fully saturated rings.